The van der Waals surface area contributed by atoms with Crippen LogP contribution in [0.15, 0.2) is 42.6 Å². The first-order valence-electron chi connectivity index (χ1n) is 7.45. The van der Waals surface area contributed by atoms with E-state index in [-0.39, 0.29) is 18.6 Å². The van der Waals surface area contributed by atoms with Crippen molar-refractivity contribution >= 4 is 17.4 Å². The van der Waals surface area contributed by atoms with Gasteiger partial charge in [0.05, 0.1) is 31.6 Å². The topological polar surface area (TPSA) is 83.5 Å². The highest BCUT2D eigenvalue weighted by molar-refractivity contribution is 6.04. The van der Waals surface area contributed by atoms with E-state index in [1.54, 1.807) is 49.7 Å². The number of carbonyl (C=O) groups is 1. The molecule has 2 rings (SSSR count). The van der Waals surface area contributed by atoms with Crippen LogP contribution in [0.5, 0.6) is 5.75 Å². The Labute approximate surface area is 135 Å². The quantitative estimate of drug-likeness (QED) is 0.731. The number of nitrogens with one attached hydrogen (secondary N) is 2. The van der Waals surface area contributed by atoms with Crippen LogP contribution >= 0.6 is 0 Å². The molecule has 0 saturated carbocycles. The Morgan fingerprint density at radius 2 is 2.17 bits per heavy atom. The van der Waals surface area contributed by atoms with Gasteiger partial charge < -0.3 is 20.5 Å². The second-order valence-corrected chi connectivity index (χ2v) is 5.05. The van der Waals surface area contributed by atoms with Gasteiger partial charge in [0.25, 0.3) is 5.91 Å². The van der Waals surface area contributed by atoms with Gasteiger partial charge in [-0.15, -0.1) is 0 Å². The Balaban J connectivity index is 2.01. The number of nitrogens with zero attached hydrogens (tertiary/aromatic N) is 1. The molecular weight excluding hydrogens is 294 g/mol. The van der Waals surface area contributed by atoms with Crippen molar-refractivity contribution < 1.29 is 14.6 Å². The van der Waals surface area contributed by atoms with Crippen LogP contribution in [0.2, 0.25) is 0 Å². The molecule has 1 unspecified atom stereocenters. The third-order valence-corrected chi connectivity index (χ3v) is 3.42. The number of aromatic nitrogens is 1. The summed E-state index contributed by atoms with van der Waals surface area (Å²) in [5.41, 5.74) is 1.11. The Morgan fingerprint density at radius 1 is 1.35 bits per heavy atom. The molecule has 2 aromatic rings. The van der Waals surface area contributed by atoms with Gasteiger partial charge >= 0.3 is 0 Å². The smallest absolute Gasteiger partial charge is 0.255 e. The summed E-state index contributed by atoms with van der Waals surface area (Å²) in [5.74, 6) is 1.06. The van der Waals surface area contributed by atoms with E-state index in [1.165, 1.54) is 0 Å². The van der Waals surface area contributed by atoms with Gasteiger partial charge in [0, 0.05) is 5.56 Å². The average Bonchev–Trinajstić information content (AvgIpc) is 2.61. The Morgan fingerprint density at radius 3 is 2.78 bits per heavy atom. The van der Waals surface area contributed by atoms with Crippen molar-refractivity contribution in [2.24, 2.45) is 0 Å². The predicted octanol–water partition coefficient (Wildman–Crippen LogP) is 2.53. The average molecular weight is 315 g/mol. The largest absolute Gasteiger partial charge is 0.497 e. The molecule has 3 N–H and O–H groups in total. The van der Waals surface area contributed by atoms with E-state index in [9.17, 15) is 9.90 Å². The van der Waals surface area contributed by atoms with Gasteiger partial charge in [-0.05, 0) is 36.8 Å². The lowest BCUT2D eigenvalue weighted by molar-refractivity contribution is 0.102. The monoisotopic (exact) mass is 315 g/mol. The molecular formula is C17H21N3O3. The lowest BCUT2D eigenvalue weighted by atomic mass is 10.2. The van der Waals surface area contributed by atoms with E-state index >= 15 is 0 Å². The van der Waals surface area contributed by atoms with Crippen molar-refractivity contribution in [2.75, 3.05) is 24.4 Å². The van der Waals surface area contributed by atoms with Gasteiger partial charge in [-0.2, -0.15) is 0 Å². The first kappa shape index (κ1) is 16.8. The molecule has 0 aliphatic rings. The minimum absolute atomic E-state index is 0.0280. The molecule has 6 heteroatoms. The molecule has 0 spiro atoms. The van der Waals surface area contributed by atoms with Crippen LogP contribution in [-0.4, -0.2) is 35.8 Å². The molecule has 0 saturated heterocycles. The van der Waals surface area contributed by atoms with Crippen molar-refractivity contribution in [3.05, 3.63) is 48.2 Å². The molecule has 1 aromatic carbocycles. The molecule has 0 bridgehead atoms. The highest BCUT2D eigenvalue weighted by Gasteiger charge is 2.08. The number of pyridine rings is 1. The van der Waals surface area contributed by atoms with Crippen LogP contribution < -0.4 is 15.4 Å². The van der Waals surface area contributed by atoms with Crippen LogP contribution in [0, 0.1) is 0 Å². The normalized spacial score (nSPS) is 11.6. The number of aliphatic hydroxyl groups excluding tert-OH is 1. The van der Waals surface area contributed by atoms with Gasteiger partial charge in [-0.1, -0.05) is 13.0 Å². The maximum absolute atomic E-state index is 12.2. The molecule has 6 nitrogen and oxygen atoms in total. The third-order valence-electron chi connectivity index (χ3n) is 3.42. The van der Waals surface area contributed by atoms with Crippen molar-refractivity contribution in [2.45, 2.75) is 19.4 Å². The fourth-order valence-corrected chi connectivity index (χ4v) is 2.01. The van der Waals surface area contributed by atoms with Crippen LogP contribution in [-0.2, 0) is 0 Å². The molecule has 1 atom stereocenters. The SMILES string of the molecule is CCC(CO)Nc1ccc(NC(=O)c2cccc(OC)c2)cn1. The fourth-order valence-electron chi connectivity index (χ4n) is 2.01. The summed E-state index contributed by atoms with van der Waals surface area (Å²) in [6.07, 6.45) is 2.37. The number of hydrogen-bond donors (Lipinski definition) is 3. The second kappa shape index (κ2) is 8.14. The second-order valence-electron chi connectivity index (χ2n) is 5.05. The summed E-state index contributed by atoms with van der Waals surface area (Å²) in [7, 11) is 1.56. The Kier molecular flexibility index (Phi) is 5.94. The predicted molar refractivity (Wildman–Crippen MR) is 90.0 cm³/mol. The highest BCUT2D eigenvalue weighted by Crippen LogP contribution is 2.16. The number of anilines is 2. The minimum atomic E-state index is -0.229. The molecule has 1 amide bonds. The van der Waals surface area contributed by atoms with Crippen molar-refractivity contribution in [3.8, 4) is 5.75 Å². The molecule has 1 aromatic heterocycles. The standard InChI is InChI=1S/C17H21N3O3/c1-3-13(11-21)19-16-8-7-14(10-18-16)20-17(22)12-5-4-6-15(9-12)23-2/h4-10,13,21H,3,11H2,1-2H3,(H,18,19)(H,20,22). The minimum Gasteiger partial charge on any atom is -0.497 e. The van der Waals surface area contributed by atoms with E-state index < -0.39 is 0 Å². The van der Waals surface area contributed by atoms with Gasteiger partial charge in [0.15, 0.2) is 0 Å². The van der Waals surface area contributed by atoms with Gasteiger partial charge in [0.1, 0.15) is 11.6 Å². The summed E-state index contributed by atoms with van der Waals surface area (Å²) in [6, 6.07) is 10.4. The number of amides is 1. The van der Waals surface area contributed by atoms with Gasteiger partial charge in [-0.3, -0.25) is 4.79 Å². The van der Waals surface area contributed by atoms with E-state index in [1.807, 2.05) is 6.92 Å². The molecule has 0 radical (unpaired) electrons. The zero-order valence-corrected chi connectivity index (χ0v) is 13.2. The van der Waals surface area contributed by atoms with Crippen LogP contribution in [0.25, 0.3) is 0 Å². The Hall–Kier alpha value is -2.60. The van der Waals surface area contributed by atoms with Crippen LogP contribution in [0.4, 0.5) is 11.5 Å². The molecule has 0 fully saturated rings. The number of rotatable bonds is 7. The van der Waals surface area contributed by atoms with E-state index in [0.717, 1.165) is 6.42 Å². The number of hydrogen-bond acceptors (Lipinski definition) is 5. The van der Waals surface area contributed by atoms with E-state index in [4.69, 9.17) is 4.74 Å². The zero-order valence-electron chi connectivity index (χ0n) is 13.2. The maximum atomic E-state index is 12.2. The maximum Gasteiger partial charge on any atom is 0.255 e. The lowest BCUT2D eigenvalue weighted by Crippen LogP contribution is -2.23. The number of benzene rings is 1. The van der Waals surface area contributed by atoms with Gasteiger partial charge in [0.2, 0.25) is 0 Å². The number of aliphatic hydroxyl groups is 1. The van der Waals surface area contributed by atoms with E-state index in [2.05, 4.69) is 15.6 Å². The number of methoxy groups -OCH3 is 1. The van der Waals surface area contributed by atoms with Crippen LogP contribution in [0.1, 0.15) is 23.7 Å². The summed E-state index contributed by atoms with van der Waals surface area (Å²) >= 11 is 0. The van der Waals surface area contributed by atoms with Crippen LogP contribution in [0.3, 0.4) is 0 Å². The van der Waals surface area contributed by atoms with Crippen molar-refractivity contribution in [3.63, 3.8) is 0 Å². The van der Waals surface area contributed by atoms with E-state index in [0.29, 0.717) is 22.8 Å². The molecule has 23 heavy (non-hydrogen) atoms. The zero-order chi connectivity index (χ0) is 16.7. The fraction of sp³-hybridized carbons (Fsp3) is 0.294. The molecule has 1 heterocycles. The lowest BCUT2D eigenvalue weighted by Gasteiger charge is -2.14. The first-order chi connectivity index (χ1) is 11.2. The molecule has 0 aliphatic heterocycles. The highest BCUT2D eigenvalue weighted by atomic mass is 16.5. The van der Waals surface area contributed by atoms with Crippen molar-refractivity contribution in [1.29, 1.82) is 0 Å². The Bertz CT molecular complexity index is 640. The van der Waals surface area contributed by atoms with Gasteiger partial charge in [-0.25, -0.2) is 4.98 Å². The summed E-state index contributed by atoms with van der Waals surface area (Å²) < 4.78 is 5.11. The molecule has 0 aliphatic carbocycles. The number of carbonyl (C=O) groups excluding carboxylic acids is 1. The summed E-state index contributed by atoms with van der Waals surface area (Å²) in [5, 5.41) is 15.1. The summed E-state index contributed by atoms with van der Waals surface area (Å²) in [4.78, 5) is 16.4. The molecule has 122 valence electrons. The van der Waals surface area contributed by atoms with Crippen molar-refractivity contribution in [1.82, 2.24) is 4.98 Å². The summed E-state index contributed by atoms with van der Waals surface area (Å²) in [6.45, 7) is 2.03. The first-order valence-corrected chi connectivity index (χ1v) is 7.45. The third kappa shape index (κ3) is 4.69. The number of ether oxygens (including phenoxy) is 1.